The first kappa shape index (κ1) is 25.7. The second-order valence-electron chi connectivity index (χ2n) is 9.25. The monoisotopic (exact) mass is 507 g/mol. The lowest BCUT2D eigenvalue weighted by Gasteiger charge is -2.19. The summed E-state index contributed by atoms with van der Waals surface area (Å²) in [5.41, 5.74) is 5.75. The number of carbonyl (C=O) groups excluding carboxylic acids is 2. The van der Waals surface area contributed by atoms with Crippen LogP contribution in [0.3, 0.4) is 0 Å². The molecule has 3 N–H and O–H groups in total. The van der Waals surface area contributed by atoms with Crippen molar-refractivity contribution in [1.29, 1.82) is 0 Å². The molecular formula is C28H24F3N3O3. The van der Waals surface area contributed by atoms with Crippen LogP contribution in [0.5, 0.6) is 0 Å². The van der Waals surface area contributed by atoms with Crippen LogP contribution in [0.2, 0.25) is 0 Å². The molecule has 0 spiro atoms. The molecule has 0 fully saturated rings. The van der Waals surface area contributed by atoms with E-state index in [4.69, 9.17) is 10.3 Å². The third-order valence-corrected chi connectivity index (χ3v) is 5.94. The molecule has 1 heterocycles. The van der Waals surface area contributed by atoms with Gasteiger partial charge in [-0.3, -0.25) is 9.59 Å². The predicted molar refractivity (Wildman–Crippen MR) is 134 cm³/mol. The normalized spacial score (nSPS) is 11.8. The zero-order chi connectivity index (χ0) is 26.8. The predicted octanol–water partition coefficient (Wildman–Crippen LogP) is 6.53. The van der Waals surface area contributed by atoms with Gasteiger partial charge < -0.3 is 15.6 Å². The largest absolute Gasteiger partial charge is 0.417 e. The highest BCUT2D eigenvalue weighted by molar-refractivity contribution is 5.95. The number of nitrogens with zero attached hydrogens (tertiary/aromatic N) is 1. The number of alkyl halides is 3. The highest BCUT2D eigenvalue weighted by Gasteiger charge is 2.34. The Morgan fingerprint density at radius 3 is 2.16 bits per heavy atom. The van der Waals surface area contributed by atoms with Crippen LogP contribution in [-0.4, -0.2) is 17.0 Å². The average Bonchev–Trinajstić information content (AvgIpc) is 3.34. The second-order valence-corrected chi connectivity index (χ2v) is 9.25. The van der Waals surface area contributed by atoms with Crippen LogP contribution >= 0.6 is 0 Å². The highest BCUT2D eigenvalue weighted by Crippen LogP contribution is 2.39. The fraction of sp³-hybridized carbons (Fsp3) is 0.179. The van der Waals surface area contributed by atoms with Gasteiger partial charge >= 0.3 is 6.18 Å². The van der Waals surface area contributed by atoms with Crippen LogP contribution in [-0.2, 0) is 15.8 Å². The Morgan fingerprint density at radius 1 is 0.892 bits per heavy atom. The van der Waals surface area contributed by atoms with Gasteiger partial charge in [0.15, 0.2) is 5.76 Å². The van der Waals surface area contributed by atoms with E-state index in [1.807, 2.05) is 0 Å². The Bertz CT molecular complexity index is 1430. The highest BCUT2D eigenvalue weighted by atomic mass is 19.4. The standard InChI is InChI=1S/C28H24F3N3O3/c1-27(2,26(32)36)16-25(35)33-20-11-8-18(9-12-20)24-15-23(34-37-24)19-10-13-21(17-6-4-3-5-7-17)22(14-19)28(29,30)31/h3-15H,16H2,1-2H3,(H2,32,36)(H,33,35). The number of primary amides is 1. The number of benzene rings is 3. The molecule has 0 aliphatic carbocycles. The number of nitrogens with one attached hydrogen (secondary N) is 1. The molecular weight excluding hydrogens is 483 g/mol. The number of rotatable bonds is 7. The van der Waals surface area contributed by atoms with Crippen LogP contribution in [0, 0.1) is 5.41 Å². The third kappa shape index (κ3) is 5.88. The van der Waals surface area contributed by atoms with E-state index in [2.05, 4.69) is 10.5 Å². The van der Waals surface area contributed by atoms with Gasteiger partial charge in [0.1, 0.15) is 5.69 Å². The van der Waals surface area contributed by atoms with E-state index in [0.29, 0.717) is 22.6 Å². The number of hydrogen-bond donors (Lipinski definition) is 2. The van der Waals surface area contributed by atoms with Crippen molar-refractivity contribution in [2.75, 3.05) is 5.32 Å². The minimum atomic E-state index is -4.55. The lowest BCUT2D eigenvalue weighted by atomic mass is 9.88. The Morgan fingerprint density at radius 2 is 1.54 bits per heavy atom. The number of carbonyl (C=O) groups is 2. The number of aromatic nitrogens is 1. The first-order valence-corrected chi connectivity index (χ1v) is 11.4. The molecule has 0 saturated carbocycles. The summed E-state index contributed by atoms with van der Waals surface area (Å²) < 4.78 is 47.0. The first-order valence-electron chi connectivity index (χ1n) is 11.4. The lowest BCUT2D eigenvalue weighted by molar-refractivity contribution is -0.137. The van der Waals surface area contributed by atoms with Gasteiger partial charge in [-0.05, 0) is 41.5 Å². The molecule has 190 valence electrons. The number of hydrogen-bond acceptors (Lipinski definition) is 4. The van der Waals surface area contributed by atoms with E-state index in [9.17, 15) is 22.8 Å². The van der Waals surface area contributed by atoms with Crippen molar-refractivity contribution < 1.29 is 27.3 Å². The van der Waals surface area contributed by atoms with E-state index in [1.165, 1.54) is 6.07 Å². The Balaban J connectivity index is 1.54. The van der Waals surface area contributed by atoms with Gasteiger partial charge in [-0.25, -0.2) is 0 Å². The summed E-state index contributed by atoms with van der Waals surface area (Å²) in [6.07, 6.45) is -4.63. The SMILES string of the molecule is CC(C)(CC(=O)Nc1ccc(-c2cc(-c3ccc(-c4ccccc4)c(C(F)(F)F)c3)no2)cc1)C(N)=O. The number of nitrogens with two attached hydrogens (primary N) is 1. The van der Waals surface area contributed by atoms with Crippen molar-refractivity contribution in [1.82, 2.24) is 5.16 Å². The Labute approximate surface area is 211 Å². The molecule has 37 heavy (non-hydrogen) atoms. The Hall–Kier alpha value is -4.40. The van der Waals surface area contributed by atoms with Gasteiger partial charge in [-0.2, -0.15) is 13.2 Å². The summed E-state index contributed by atoms with van der Waals surface area (Å²) >= 11 is 0. The van der Waals surface area contributed by atoms with Crippen molar-refractivity contribution in [2.24, 2.45) is 11.1 Å². The van der Waals surface area contributed by atoms with Crippen molar-refractivity contribution in [3.63, 3.8) is 0 Å². The van der Waals surface area contributed by atoms with Gasteiger partial charge in [0, 0.05) is 29.3 Å². The molecule has 3 aromatic carbocycles. The molecule has 0 unspecified atom stereocenters. The van der Waals surface area contributed by atoms with Gasteiger partial charge in [0.25, 0.3) is 0 Å². The minimum Gasteiger partial charge on any atom is -0.369 e. The fourth-order valence-electron chi connectivity index (χ4n) is 3.77. The van der Waals surface area contributed by atoms with E-state index >= 15 is 0 Å². The average molecular weight is 508 g/mol. The smallest absolute Gasteiger partial charge is 0.369 e. The Kier molecular flexibility index (Phi) is 6.89. The lowest BCUT2D eigenvalue weighted by Crippen LogP contribution is -2.35. The zero-order valence-corrected chi connectivity index (χ0v) is 20.1. The molecule has 1 aromatic heterocycles. The maximum atomic E-state index is 13.9. The molecule has 0 saturated heterocycles. The van der Waals surface area contributed by atoms with Crippen LogP contribution in [0.15, 0.2) is 83.4 Å². The summed E-state index contributed by atoms with van der Waals surface area (Å²) in [6.45, 7) is 3.18. The summed E-state index contributed by atoms with van der Waals surface area (Å²) in [4.78, 5) is 23.7. The van der Waals surface area contributed by atoms with Crippen molar-refractivity contribution >= 4 is 17.5 Å². The third-order valence-electron chi connectivity index (χ3n) is 5.94. The molecule has 4 aromatic rings. The van der Waals surface area contributed by atoms with Crippen LogP contribution in [0.25, 0.3) is 33.7 Å². The van der Waals surface area contributed by atoms with Gasteiger partial charge in [0.05, 0.1) is 11.0 Å². The van der Waals surface area contributed by atoms with Crippen molar-refractivity contribution in [3.05, 3.63) is 84.4 Å². The number of halogens is 3. The summed E-state index contributed by atoms with van der Waals surface area (Å²) in [5.74, 6) is -0.586. The van der Waals surface area contributed by atoms with Gasteiger partial charge in [-0.15, -0.1) is 0 Å². The second kappa shape index (κ2) is 9.93. The zero-order valence-electron chi connectivity index (χ0n) is 20.1. The molecule has 4 rings (SSSR count). The molecule has 0 radical (unpaired) electrons. The quantitative estimate of drug-likeness (QED) is 0.297. The summed E-state index contributed by atoms with van der Waals surface area (Å²) in [7, 11) is 0. The first-order chi connectivity index (χ1) is 17.4. The molecule has 2 amide bonds. The molecule has 0 aliphatic rings. The molecule has 0 atom stereocenters. The molecule has 6 nitrogen and oxygen atoms in total. The van der Waals surface area contributed by atoms with Crippen LogP contribution in [0.1, 0.15) is 25.8 Å². The molecule has 0 bridgehead atoms. The van der Waals surface area contributed by atoms with Gasteiger partial charge in [0.2, 0.25) is 11.8 Å². The van der Waals surface area contributed by atoms with Crippen LogP contribution in [0.4, 0.5) is 18.9 Å². The van der Waals surface area contributed by atoms with Crippen molar-refractivity contribution in [3.8, 4) is 33.7 Å². The van der Waals surface area contributed by atoms with Gasteiger partial charge in [-0.1, -0.05) is 61.5 Å². The summed E-state index contributed by atoms with van der Waals surface area (Å²) in [6, 6.07) is 20.6. The van der Waals surface area contributed by atoms with E-state index in [0.717, 1.165) is 6.07 Å². The van der Waals surface area contributed by atoms with E-state index in [1.54, 1.807) is 80.6 Å². The maximum absolute atomic E-state index is 13.9. The fourth-order valence-corrected chi connectivity index (χ4v) is 3.77. The summed E-state index contributed by atoms with van der Waals surface area (Å²) in [5, 5.41) is 6.66. The van der Waals surface area contributed by atoms with Crippen molar-refractivity contribution in [2.45, 2.75) is 26.4 Å². The topological polar surface area (TPSA) is 98.2 Å². The van der Waals surface area contributed by atoms with Crippen LogP contribution < -0.4 is 11.1 Å². The van der Waals surface area contributed by atoms with E-state index in [-0.39, 0.29) is 29.1 Å². The molecule has 9 heteroatoms. The number of anilines is 1. The minimum absolute atomic E-state index is 0.0709. The number of amides is 2. The maximum Gasteiger partial charge on any atom is 0.417 e. The van der Waals surface area contributed by atoms with E-state index < -0.39 is 23.1 Å². The molecule has 0 aliphatic heterocycles.